The third-order valence-corrected chi connectivity index (χ3v) is 6.12. The molecular formula is C26H21ClFN3O2. The Kier molecular flexibility index (Phi) is 5.52. The van der Waals surface area contributed by atoms with Gasteiger partial charge in [-0.25, -0.2) is 9.18 Å². The minimum Gasteiger partial charge on any atom is -0.497 e. The van der Waals surface area contributed by atoms with E-state index in [0.717, 1.165) is 28.3 Å². The Labute approximate surface area is 196 Å². The van der Waals surface area contributed by atoms with Gasteiger partial charge in [0, 0.05) is 17.6 Å². The number of rotatable bonds is 3. The normalized spacial score (nSPS) is 14.8. The van der Waals surface area contributed by atoms with E-state index in [1.807, 2.05) is 66.9 Å². The Bertz CT molecular complexity index is 1320. The highest BCUT2D eigenvalue weighted by molar-refractivity contribution is 6.31. The molecule has 0 fully saturated rings. The second kappa shape index (κ2) is 8.64. The van der Waals surface area contributed by atoms with Gasteiger partial charge < -0.3 is 19.5 Å². The van der Waals surface area contributed by atoms with Gasteiger partial charge in [-0.1, -0.05) is 41.9 Å². The van der Waals surface area contributed by atoms with Crippen molar-refractivity contribution in [3.05, 3.63) is 113 Å². The molecule has 0 aliphatic carbocycles. The van der Waals surface area contributed by atoms with E-state index in [-0.39, 0.29) is 17.1 Å². The summed E-state index contributed by atoms with van der Waals surface area (Å²) in [5.74, 6) is 0.204. The van der Waals surface area contributed by atoms with Crippen LogP contribution in [-0.4, -0.2) is 22.6 Å². The molecule has 33 heavy (non-hydrogen) atoms. The number of aromatic nitrogens is 1. The average Bonchev–Trinajstić information content (AvgIpc) is 3.26. The van der Waals surface area contributed by atoms with Gasteiger partial charge in [-0.2, -0.15) is 0 Å². The number of hydrogen-bond acceptors (Lipinski definition) is 2. The lowest BCUT2D eigenvalue weighted by Gasteiger charge is -2.31. The van der Waals surface area contributed by atoms with Crippen LogP contribution in [0.4, 0.5) is 14.9 Å². The lowest BCUT2D eigenvalue weighted by Crippen LogP contribution is -2.37. The van der Waals surface area contributed by atoms with Gasteiger partial charge >= 0.3 is 6.03 Å². The quantitative estimate of drug-likeness (QED) is 0.383. The van der Waals surface area contributed by atoms with E-state index in [1.165, 1.54) is 18.2 Å². The molecule has 4 aromatic rings. The van der Waals surface area contributed by atoms with Gasteiger partial charge in [-0.05, 0) is 59.7 Å². The van der Waals surface area contributed by atoms with Crippen LogP contribution in [0.25, 0.3) is 5.69 Å². The number of carbonyl (C=O) groups excluding carboxylic acids is 1. The van der Waals surface area contributed by atoms with Crippen molar-refractivity contribution >= 4 is 23.3 Å². The summed E-state index contributed by atoms with van der Waals surface area (Å²) in [6, 6.07) is 23.2. The summed E-state index contributed by atoms with van der Waals surface area (Å²) in [5, 5.41) is 2.84. The molecule has 3 aromatic carbocycles. The molecule has 1 aromatic heterocycles. The van der Waals surface area contributed by atoms with Crippen molar-refractivity contribution in [2.24, 2.45) is 0 Å². The molecular weight excluding hydrogens is 441 g/mol. The van der Waals surface area contributed by atoms with Crippen molar-refractivity contribution in [2.75, 3.05) is 12.4 Å². The SMILES string of the molecule is COc1ccc([C@H]2c3cccn3-c3ccccc3CN2C(=O)Nc2ccc(F)c(Cl)c2)cc1. The molecule has 1 atom stereocenters. The lowest BCUT2D eigenvalue weighted by molar-refractivity contribution is 0.194. The summed E-state index contributed by atoms with van der Waals surface area (Å²) >= 11 is 5.93. The number of carbonyl (C=O) groups is 1. The zero-order valence-corrected chi connectivity index (χ0v) is 18.6. The number of nitrogens with zero attached hydrogens (tertiary/aromatic N) is 2. The summed E-state index contributed by atoms with van der Waals surface area (Å²) in [6.07, 6.45) is 2.01. The molecule has 0 spiro atoms. The van der Waals surface area contributed by atoms with Crippen molar-refractivity contribution in [3.63, 3.8) is 0 Å². The summed E-state index contributed by atoms with van der Waals surface area (Å²) in [4.78, 5) is 15.4. The highest BCUT2D eigenvalue weighted by Crippen LogP contribution is 2.37. The van der Waals surface area contributed by atoms with Crippen LogP contribution in [0, 0.1) is 5.82 Å². The maximum atomic E-state index is 13.6. The van der Waals surface area contributed by atoms with Gasteiger partial charge in [0.2, 0.25) is 0 Å². The number of amides is 2. The molecule has 1 aliphatic heterocycles. The van der Waals surface area contributed by atoms with Crippen molar-refractivity contribution < 1.29 is 13.9 Å². The van der Waals surface area contributed by atoms with E-state index in [2.05, 4.69) is 9.88 Å². The van der Waals surface area contributed by atoms with E-state index in [9.17, 15) is 9.18 Å². The van der Waals surface area contributed by atoms with Crippen LogP contribution in [0.2, 0.25) is 5.02 Å². The smallest absolute Gasteiger partial charge is 0.322 e. The molecule has 7 heteroatoms. The molecule has 0 unspecified atom stereocenters. The van der Waals surface area contributed by atoms with Crippen molar-refractivity contribution in [3.8, 4) is 11.4 Å². The topological polar surface area (TPSA) is 46.5 Å². The Hall–Kier alpha value is -3.77. The molecule has 166 valence electrons. The van der Waals surface area contributed by atoms with Gasteiger partial charge in [0.25, 0.3) is 0 Å². The van der Waals surface area contributed by atoms with E-state index < -0.39 is 5.82 Å². The van der Waals surface area contributed by atoms with Crippen LogP contribution in [0.3, 0.4) is 0 Å². The van der Waals surface area contributed by atoms with E-state index in [1.54, 1.807) is 12.0 Å². The first-order valence-electron chi connectivity index (χ1n) is 10.5. The number of fused-ring (bicyclic) bond motifs is 3. The van der Waals surface area contributed by atoms with E-state index in [0.29, 0.717) is 12.2 Å². The fourth-order valence-corrected chi connectivity index (χ4v) is 4.43. The maximum absolute atomic E-state index is 13.6. The second-order valence-corrected chi connectivity index (χ2v) is 8.20. The Balaban J connectivity index is 1.61. The largest absolute Gasteiger partial charge is 0.497 e. The maximum Gasteiger partial charge on any atom is 0.322 e. The predicted molar refractivity (Wildman–Crippen MR) is 127 cm³/mol. The number of anilines is 1. The molecule has 1 N–H and O–H groups in total. The number of ether oxygens (including phenoxy) is 1. The minimum absolute atomic E-state index is 0.0467. The Morgan fingerprint density at radius 1 is 1.06 bits per heavy atom. The van der Waals surface area contributed by atoms with Gasteiger partial charge in [0.1, 0.15) is 11.6 Å². The summed E-state index contributed by atoms with van der Waals surface area (Å²) in [6.45, 7) is 0.384. The molecule has 1 aliphatic rings. The first-order valence-corrected chi connectivity index (χ1v) is 10.8. The first-order chi connectivity index (χ1) is 16.0. The van der Waals surface area contributed by atoms with Crippen LogP contribution in [-0.2, 0) is 6.54 Å². The highest BCUT2D eigenvalue weighted by atomic mass is 35.5. The molecule has 0 radical (unpaired) electrons. The number of urea groups is 1. The molecule has 0 saturated heterocycles. The van der Waals surface area contributed by atoms with Gasteiger partial charge in [0.05, 0.1) is 30.4 Å². The minimum atomic E-state index is -0.535. The zero-order chi connectivity index (χ0) is 22.9. The van der Waals surface area contributed by atoms with Crippen molar-refractivity contribution in [1.82, 2.24) is 9.47 Å². The zero-order valence-electron chi connectivity index (χ0n) is 17.8. The van der Waals surface area contributed by atoms with Gasteiger partial charge in [0.15, 0.2) is 0 Å². The molecule has 5 rings (SSSR count). The number of nitrogens with one attached hydrogen (secondary N) is 1. The van der Waals surface area contributed by atoms with Crippen molar-refractivity contribution in [2.45, 2.75) is 12.6 Å². The van der Waals surface area contributed by atoms with Crippen molar-refractivity contribution in [1.29, 1.82) is 0 Å². The lowest BCUT2D eigenvalue weighted by atomic mass is 10.0. The highest BCUT2D eigenvalue weighted by Gasteiger charge is 2.33. The fraction of sp³-hybridized carbons (Fsp3) is 0.115. The third-order valence-electron chi connectivity index (χ3n) is 5.83. The molecule has 0 saturated carbocycles. The number of hydrogen-bond donors (Lipinski definition) is 1. The van der Waals surface area contributed by atoms with E-state index >= 15 is 0 Å². The molecule has 2 heterocycles. The standard InChI is InChI=1S/C26H21ClFN3O2/c1-33-20-11-8-17(9-12-20)25-24-7-4-14-30(24)23-6-3-2-5-18(23)16-31(25)26(32)29-19-10-13-22(28)21(27)15-19/h2-15,25H,16H2,1H3,(H,29,32)/t25-/m0/s1. The molecule has 2 amide bonds. The van der Waals surface area contributed by atoms with Crippen LogP contribution in [0.5, 0.6) is 5.75 Å². The first kappa shape index (κ1) is 21.1. The number of benzene rings is 3. The number of halogens is 2. The second-order valence-electron chi connectivity index (χ2n) is 7.79. The number of para-hydroxylation sites is 1. The van der Waals surface area contributed by atoms with Crippen LogP contribution in [0.1, 0.15) is 22.9 Å². The van der Waals surface area contributed by atoms with Crippen LogP contribution < -0.4 is 10.1 Å². The molecule has 5 nitrogen and oxygen atoms in total. The van der Waals surface area contributed by atoms with E-state index in [4.69, 9.17) is 16.3 Å². The summed E-state index contributed by atoms with van der Waals surface area (Å²) in [7, 11) is 1.62. The Morgan fingerprint density at radius 2 is 1.85 bits per heavy atom. The monoisotopic (exact) mass is 461 g/mol. The van der Waals surface area contributed by atoms with Crippen LogP contribution >= 0.6 is 11.6 Å². The molecule has 0 bridgehead atoms. The van der Waals surface area contributed by atoms with Crippen LogP contribution in [0.15, 0.2) is 85.1 Å². The number of methoxy groups -OCH3 is 1. The Morgan fingerprint density at radius 3 is 2.61 bits per heavy atom. The summed E-state index contributed by atoms with van der Waals surface area (Å²) in [5.41, 5.74) is 4.36. The predicted octanol–water partition coefficient (Wildman–Crippen LogP) is 6.42. The average molecular weight is 462 g/mol. The third kappa shape index (κ3) is 3.94. The summed E-state index contributed by atoms with van der Waals surface area (Å²) < 4.78 is 21.1. The van der Waals surface area contributed by atoms with Gasteiger partial charge in [-0.3, -0.25) is 0 Å². The van der Waals surface area contributed by atoms with Gasteiger partial charge in [-0.15, -0.1) is 0 Å². The fourth-order valence-electron chi connectivity index (χ4n) is 4.25.